The highest BCUT2D eigenvalue weighted by Gasteiger charge is 2.41. The van der Waals surface area contributed by atoms with Crippen molar-refractivity contribution in [2.75, 3.05) is 16.8 Å². The Kier molecular flexibility index (Phi) is 5.20. The Bertz CT molecular complexity index is 1590. The van der Waals surface area contributed by atoms with Gasteiger partial charge in [-0.1, -0.05) is 53.5 Å². The van der Waals surface area contributed by atoms with E-state index in [1.54, 1.807) is 18.2 Å². The lowest BCUT2D eigenvalue weighted by molar-refractivity contribution is -0.113. The molecule has 0 saturated carbocycles. The van der Waals surface area contributed by atoms with Gasteiger partial charge in [-0.25, -0.2) is 0 Å². The minimum Gasteiger partial charge on any atom is -0.329 e. The maximum absolute atomic E-state index is 14.1. The number of hydrogen-bond donors (Lipinski definition) is 1. The van der Waals surface area contributed by atoms with Gasteiger partial charge in [-0.2, -0.15) is 0 Å². The third-order valence-electron chi connectivity index (χ3n) is 6.89. The molecule has 1 atom stereocenters. The quantitative estimate of drug-likeness (QED) is 0.364. The molecule has 0 bridgehead atoms. The molecule has 2 aliphatic rings. The van der Waals surface area contributed by atoms with Crippen molar-refractivity contribution in [1.29, 1.82) is 0 Å². The van der Waals surface area contributed by atoms with Crippen LogP contribution in [0.4, 0.5) is 11.5 Å². The number of rotatable bonds is 3. The second kappa shape index (κ2) is 8.29. The van der Waals surface area contributed by atoms with Gasteiger partial charge in [-0.05, 0) is 55.0 Å². The number of hydrogen-bond acceptors (Lipinski definition) is 3. The van der Waals surface area contributed by atoms with Gasteiger partial charge in [0, 0.05) is 51.4 Å². The Hall–Kier alpha value is -3.54. The Morgan fingerprint density at radius 1 is 0.943 bits per heavy atom. The second-order valence-electron chi connectivity index (χ2n) is 8.83. The molecule has 0 saturated heterocycles. The monoisotopic (exact) mass is 501 g/mol. The molecule has 1 N–H and O–H groups in total. The summed E-state index contributed by atoms with van der Waals surface area (Å²) >= 11 is 12.5. The number of aromatic nitrogens is 1. The first-order chi connectivity index (χ1) is 16.9. The number of amides is 1. The van der Waals surface area contributed by atoms with E-state index < -0.39 is 5.92 Å². The van der Waals surface area contributed by atoms with E-state index in [0.717, 1.165) is 22.6 Å². The lowest BCUT2D eigenvalue weighted by Gasteiger charge is -2.35. The van der Waals surface area contributed by atoms with Gasteiger partial charge in [0.15, 0.2) is 5.43 Å². The largest absolute Gasteiger partial charge is 0.329 e. The maximum Gasteiger partial charge on any atom is 0.254 e. The molecule has 1 amide bonds. The first kappa shape index (κ1) is 22.0. The highest BCUT2D eigenvalue weighted by atomic mass is 35.5. The van der Waals surface area contributed by atoms with Crippen LogP contribution in [0, 0.1) is 0 Å². The number of nitrogens with one attached hydrogen (secondary N) is 1. The number of fused-ring (bicyclic) bond motifs is 2. The van der Waals surface area contributed by atoms with E-state index in [1.807, 2.05) is 61.5 Å². The summed E-state index contributed by atoms with van der Waals surface area (Å²) in [5, 5.41) is 4.68. The van der Waals surface area contributed by atoms with Gasteiger partial charge < -0.3 is 14.8 Å². The van der Waals surface area contributed by atoms with Gasteiger partial charge in [-0.15, -0.1) is 0 Å². The molecule has 6 rings (SSSR count). The molecule has 2 aliphatic heterocycles. The number of carbonyl (C=O) groups is 1. The Morgan fingerprint density at radius 3 is 2.40 bits per heavy atom. The molecular formula is C28H21Cl2N3O2. The van der Waals surface area contributed by atoms with Crippen molar-refractivity contribution in [3.8, 4) is 0 Å². The topological polar surface area (TPSA) is 54.3 Å². The van der Waals surface area contributed by atoms with Crippen LogP contribution in [-0.4, -0.2) is 17.0 Å². The van der Waals surface area contributed by atoms with Crippen molar-refractivity contribution in [3.05, 3.63) is 115 Å². The summed E-state index contributed by atoms with van der Waals surface area (Å²) in [6, 6.07) is 22.1. The van der Waals surface area contributed by atoms with Crippen LogP contribution in [0.25, 0.3) is 10.9 Å². The van der Waals surface area contributed by atoms with Crippen LogP contribution in [0.5, 0.6) is 0 Å². The fourth-order valence-electron chi connectivity index (χ4n) is 5.34. The number of carbonyl (C=O) groups excluding carboxylic acids is 1. The number of halogens is 2. The highest BCUT2D eigenvalue weighted by molar-refractivity contribution is 6.31. The second-order valence-corrected chi connectivity index (χ2v) is 9.71. The number of pyridine rings is 1. The van der Waals surface area contributed by atoms with E-state index in [2.05, 4.69) is 14.8 Å². The predicted molar refractivity (Wildman–Crippen MR) is 142 cm³/mol. The first-order valence-electron chi connectivity index (χ1n) is 11.4. The van der Waals surface area contributed by atoms with Crippen molar-refractivity contribution in [2.45, 2.75) is 19.4 Å². The number of allylic oxidation sites excluding steroid dienone is 1. The summed E-state index contributed by atoms with van der Waals surface area (Å²) in [5.74, 6) is 0.0596. The Morgan fingerprint density at radius 2 is 1.66 bits per heavy atom. The van der Waals surface area contributed by atoms with Gasteiger partial charge in [0.25, 0.3) is 5.91 Å². The zero-order chi connectivity index (χ0) is 24.3. The SMILES string of the molecule is CC1=C(C(=O)Nc2ccccc2)C(c2ccc(Cl)cc2)c2c3n(c4ccc(Cl)cc4c2=O)CCN13. The molecule has 3 heterocycles. The fourth-order valence-corrected chi connectivity index (χ4v) is 5.64. The predicted octanol–water partition coefficient (Wildman–Crippen LogP) is 6.19. The molecule has 3 aromatic carbocycles. The number of para-hydroxylation sites is 1. The highest BCUT2D eigenvalue weighted by Crippen LogP contribution is 2.46. The van der Waals surface area contributed by atoms with Crippen molar-refractivity contribution >= 4 is 51.5 Å². The molecule has 5 nitrogen and oxygen atoms in total. The normalized spacial score (nSPS) is 16.5. The molecule has 7 heteroatoms. The van der Waals surface area contributed by atoms with Crippen LogP contribution in [0.1, 0.15) is 24.0 Å². The van der Waals surface area contributed by atoms with Gasteiger partial charge in [0.2, 0.25) is 0 Å². The lowest BCUT2D eigenvalue weighted by Crippen LogP contribution is -2.36. The van der Waals surface area contributed by atoms with E-state index >= 15 is 0 Å². The molecule has 0 fully saturated rings. The van der Waals surface area contributed by atoms with Crippen molar-refractivity contribution in [1.82, 2.24) is 4.57 Å². The van der Waals surface area contributed by atoms with Gasteiger partial charge in [0.05, 0.1) is 11.1 Å². The molecule has 0 spiro atoms. The van der Waals surface area contributed by atoms with Crippen LogP contribution in [0.2, 0.25) is 10.0 Å². The van der Waals surface area contributed by atoms with Crippen LogP contribution >= 0.6 is 23.2 Å². The van der Waals surface area contributed by atoms with Crippen molar-refractivity contribution < 1.29 is 4.79 Å². The van der Waals surface area contributed by atoms with Crippen LogP contribution < -0.4 is 15.6 Å². The molecule has 4 aromatic rings. The molecule has 0 aliphatic carbocycles. The number of benzene rings is 3. The Balaban J connectivity index is 1.63. The maximum atomic E-state index is 14.1. The summed E-state index contributed by atoms with van der Waals surface area (Å²) in [5.41, 5.74) is 4.24. The van der Waals surface area contributed by atoms with Crippen LogP contribution in [0.3, 0.4) is 0 Å². The van der Waals surface area contributed by atoms with Gasteiger partial charge in [0.1, 0.15) is 5.82 Å². The zero-order valence-electron chi connectivity index (χ0n) is 18.9. The number of anilines is 2. The first-order valence-corrected chi connectivity index (χ1v) is 12.2. The van der Waals surface area contributed by atoms with E-state index in [-0.39, 0.29) is 11.3 Å². The van der Waals surface area contributed by atoms with Gasteiger partial charge >= 0.3 is 0 Å². The summed E-state index contributed by atoms with van der Waals surface area (Å²) in [6.07, 6.45) is 0. The van der Waals surface area contributed by atoms with Crippen molar-refractivity contribution in [2.24, 2.45) is 0 Å². The average Bonchev–Trinajstić information content (AvgIpc) is 3.30. The summed E-state index contributed by atoms with van der Waals surface area (Å²) < 4.78 is 2.17. The van der Waals surface area contributed by atoms with Crippen LogP contribution in [-0.2, 0) is 11.3 Å². The number of nitrogens with zero attached hydrogens (tertiary/aromatic N) is 2. The average molecular weight is 502 g/mol. The summed E-state index contributed by atoms with van der Waals surface area (Å²) in [7, 11) is 0. The van der Waals surface area contributed by atoms with Crippen molar-refractivity contribution in [3.63, 3.8) is 0 Å². The standard InChI is InChI=1S/C28H21Cl2N3O2/c1-16-23(27(35)31-20-5-3-2-4-6-20)24(17-7-9-18(29)10-8-17)25-26(34)21-15-19(30)11-12-22(21)33-14-13-32(16)28(25)33/h2-12,15,24H,13-14H2,1H3,(H,31,35). The minimum absolute atomic E-state index is 0.113. The van der Waals surface area contributed by atoms with E-state index in [0.29, 0.717) is 45.3 Å². The zero-order valence-corrected chi connectivity index (χ0v) is 20.4. The molecule has 1 aromatic heterocycles. The van der Waals surface area contributed by atoms with E-state index in [1.165, 1.54) is 0 Å². The molecule has 174 valence electrons. The molecule has 35 heavy (non-hydrogen) atoms. The molecular weight excluding hydrogens is 481 g/mol. The minimum atomic E-state index is -0.553. The Labute approximate surface area is 212 Å². The lowest BCUT2D eigenvalue weighted by atomic mass is 9.80. The third kappa shape index (κ3) is 3.46. The van der Waals surface area contributed by atoms with E-state index in [9.17, 15) is 9.59 Å². The smallest absolute Gasteiger partial charge is 0.254 e. The van der Waals surface area contributed by atoms with E-state index in [4.69, 9.17) is 23.2 Å². The fraction of sp³-hybridized carbons (Fsp3) is 0.143. The summed E-state index contributed by atoms with van der Waals surface area (Å²) in [6.45, 7) is 3.34. The summed E-state index contributed by atoms with van der Waals surface area (Å²) in [4.78, 5) is 29.9. The van der Waals surface area contributed by atoms with Crippen LogP contribution in [0.15, 0.2) is 88.9 Å². The third-order valence-corrected chi connectivity index (χ3v) is 7.38. The van der Waals surface area contributed by atoms with Gasteiger partial charge in [-0.3, -0.25) is 9.59 Å². The molecule has 0 radical (unpaired) electrons. The molecule has 1 unspecified atom stereocenters.